The van der Waals surface area contributed by atoms with Gasteiger partial charge in [-0.3, -0.25) is 0 Å². The van der Waals surface area contributed by atoms with Crippen molar-refractivity contribution < 1.29 is 5.11 Å². The summed E-state index contributed by atoms with van der Waals surface area (Å²) in [7, 11) is 2.18. The van der Waals surface area contributed by atoms with Crippen molar-refractivity contribution in [3.8, 4) is 0 Å². The van der Waals surface area contributed by atoms with Gasteiger partial charge in [0.15, 0.2) is 0 Å². The van der Waals surface area contributed by atoms with Crippen molar-refractivity contribution >= 4 is 0 Å². The highest BCUT2D eigenvalue weighted by Gasteiger charge is 2.19. The number of nitrogens with zero attached hydrogens (tertiary/aromatic N) is 3. The van der Waals surface area contributed by atoms with E-state index < -0.39 is 0 Å². The van der Waals surface area contributed by atoms with E-state index in [0.29, 0.717) is 6.04 Å². The molecule has 0 saturated carbocycles. The van der Waals surface area contributed by atoms with E-state index in [-0.39, 0.29) is 6.61 Å². The number of aromatic nitrogens is 2. The maximum Gasteiger partial charge on any atom is 0.0949 e. The number of likely N-dealkylation sites (N-methyl/N-ethyl adjacent to an activating group) is 1. The Morgan fingerprint density at radius 2 is 2.40 bits per heavy atom. The Balaban J connectivity index is 2.01. The van der Waals surface area contributed by atoms with Gasteiger partial charge in [-0.25, -0.2) is 4.98 Å². The Morgan fingerprint density at radius 3 is 3.13 bits per heavy atom. The van der Waals surface area contributed by atoms with E-state index in [9.17, 15) is 0 Å². The number of aliphatic hydroxyl groups excluding tert-OH is 1. The van der Waals surface area contributed by atoms with E-state index in [2.05, 4.69) is 21.5 Å². The molecule has 0 aliphatic carbocycles. The number of imidazole rings is 1. The first kappa shape index (κ1) is 10.6. The lowest BCUT2D eigenvalue weighted by Gasteiger charge is -2.32. The van der Waals surface area contributed by atoms with E-state index >= 15 is 0 Å². The molecule has 0 amide bonds. The third-order valence-electron chi connectivity index (χ3n) is 3.29. The lowest BCUT2D eigenvalue weighted by atomic mass is 10.0. The summed E-state index contributed by atoms with van der Waals surface area (Å²) in [6.07, 6.45) is 7.43. The molecule has 0 aromatic carbocycles. The summed E-state index contributed by atoms with van der Waals surface area (Å²) in [6.45, 7) is 2.22. The smallest absolute Gasteiger partial charge is 0.0949 e. The van der Waals surface area contributed by atoms with Crippen LogP contribution in [0.4, 0.5) is 0 Å². The number of hydrogen-bond donors (Lipinski definition) is 1. The van der Waals surface area contributed by atoms with E-state index in [1.807, 2.05) is 6.33 Å². The van der Waals surface area contributed by atoms with Crippen LogP contribution in [0.3, 0.4) is 0 Å². The molecular weight excluding hydrogens is 190 g/mol. The molecule has 0 bridgehead atoms. The number of likely N-dealkylation sites (tertiary alicyclic amines) is 1. The van der Waals surface area contributed by atoms with Gasteiger partial charge in [0.2, 0.25) is 0 Å². The Labute approximate surface area is 90.5 Å². The predicted molar refractivity (Wildman–Crippen MR) is 58.4 cm³/mol. The first-order valence-electron chi connectivity index (χ1n) is 5.61. The molecule has 1 aliphatic rings. The fourth-order valence-corrected chi connectivity index (χ4v) is 2.25. The quantitative estimate of drug-likeness (QED) is 0.802. The molecule has 4 nitrogen and oxygen atoms in total. The molecule has 1 saturated heterocycles. The Kier molecular flexibility index (Phi) is 3.38. The van der Waals surface area contributed by atoms with Crippen LogP contribution in [-0.4, -0.2) is 39.2 Å². The van der Waals surface area contributed by atoms with Crippen molar-refractivity contribution in [3.63, 3.8) is 0 Å². The monoisotopic (exact) mass is 209 g/mol. The normalized spacial score (nSPS) is 23.2. The van der Waals surface area contributed by atoms with Gasteiger partial charge in [0.1, 0.15) is 0 Å². The highest BCUT2D eigenvalue weighted by atomic mass is 16.3. The SMILES string of the molecule is CN1CCCCC1Cn1cncc1CO. The summed E-state index contributed by atoms with van der Waals surface area (Å²) in [5.41, 5.74) is 0.911. The van der Waals surface area contributed by atoms with Gasteiger partial charge in [0, 0.05) is 12.6 Å². The van der Waals surface area contributed by atoms with Gasteiger partial charge in [-0.05, 0) is 26.4 Å². The van der Waals surface area contributed by atoms with Crippen molar-refractivity contribution in [1.82, 2.24) is 14.5 Å². The minimum Gasteiger partial charge on any atom is -0.390 e. The molecule has 4 heteroatoms. The number of piperidine rings is 1. The molecule has 84 valence electrons. The summed E-state index contributed by atoms with van der Waals surface area (Å²) < 4.78 is 2.06. The van der Waals surface area contributed by atoms with Crippen molar-refractivity contribution in [2.24, 2.45) is 0 Å². The average molecular weight is 209 g/mol. The zero-order valence-electron chi connectivity index (χ0n) is 9.26. The Hall–Kier alpha value is -0.870. The summed E-state index contributed by atoms with van der Waals surface area (Å²) in [5.74, 6) is 0. The van der Waals surface area contributed by atoms with E-state index in [0.717, 1.165) is 12.2 Å². The lowest BCUT2D eigenvalue weighted by molar-refractivity contribution is 0.164. The van der Waals surface area contributed by atoms with Crippen molar-refractivity contribution in [3.05, 3.63) is 18.2 Å². The lowest BCUT2D eigenvalue weighted by Crippen LogP contribution is -2.39. The largest absolute Gasteiger partial charge is 0.390 e. The van der Waals surface area contributed by atoms with Crippen LogP contribution in [0.5, 0.6) is 0 Å². The van der Waals surface area contributed by atoms with Crippen LogP contribution in [-0.2, 0) is 13.2 Å². The van der Waals surface area contributed by atoms with Crippen molar-refractivity contribution in [2.75, 3.05) is 13.6 Å². The summed E-state index contributed by atoms with van der Waals surface area (Å²) in [4.78, 5) is 6.48. The fourth-order valence-electron chi connectivity index (χ4n) is 2.25. The molecular formula is C11H19N3O. The molecule has 2 rings (SSSR count). The molecule has 15 heavy (non-hydrogen) atoms. The van der Waals surface area contributed by atoms with E-state index in [4.69, 9.17) is 5.11 Å². The average Bonchev–Trinajstić information content (AvgIpc) is 2.69. The van der Waals surface area contributed by atoms with Gasteiger partial charge in [-0.2, -0.15) is 0 Å². The molecule has 1 aromatic heterocycles. The third-order valence-corrected chi connectivity index (χ3v) is 3.29. The third kappa shape index (κ3) is 2.38. The van der Waals surface area contributed by atoms with Crippen LogP contribution in [0.25, 0.3) is 0 Å². The molecule has 1 N–H and O–H groups in total. The zero-order chi connectivity index (χ0) is 10.7. The summed E-state index contributed by atoms with van der Waals surface area (Å²) in [5, 5.41) is 9.13. The maximum atomic E-state index is 9.13. The molecule has 0 radical (unpaired) electrons. The first-order valence-corrected chi connectivity index (χ1v) is 5.61. The van der Waals surface area contributed by atoms with Crippen LogP contribution < -0.4 is 0 Å². The fraction of sp³-hybridized carbons (Fsp3) is 0.727. The Bertz CT molecular complexity index is 311. The molecule has 2 heterocycles. The van der Waals surface area contributed by atoms with Gasteiger partial charge in [0.05, 0.1) is 24.8 Å². The molecule has 0 spiro atoms. The van der Waals surface area contributed by atoms with Crippen LogP contribution in [0, 0.1) is 0 Å². The standard InChI is InChI=1S/C11H19N3O/c1-13-5-3-2-4-10(13)7-14-9-12-6-11(14)8-15/h6,9-10,15H,2-5,7-8H2,1H3. The molecule has 1 fully saturated rings. The van der Waals surface area contributed by atoms with Crippen molar-refractivity contribution in [2.45, 2.75) is 38.5 Å². The van der Waals surface area contributed by atoms with Gasteiger partial charge in [-0.15, -0.1) is 0 Å². The number of rotatable bonds is 3. The van der Waals surface area contributed by atoms with Crippen LogP contribution >= 0.6 is 0 Å². The molecule has 1 aliphatic heterocycles. The zero-order valence-corrected chi connectivity index (χ0v) is 9.26. The van der Waals surface area contributed by atoms with E-state index in [1.165, 1.54) is 25.8 Å². The number of aliphatic hydroxyl groups is 1. The highest BCUT2D eigenvalue weighted by Crippen LogP contribution is 2.17. The van der Waals surface area contributed by atoms with Crippen LogP contribution in [0.15, 0.2) is 12.5 Å². The van der Waals surface area contributed by atoms with Crippen molar-refractivity contribution in [1.29, 1.82) is 0 Å². The second-order valence-electron chi connectivity index (χ2n) is 4.33. The Morgan fingerprint density at radius 1 is 1.53 bits per heavy atom. The maximum absolute atomic E-state index is 9.13. The minimum atomic E-state index is 0.0798. The van der Waals surface area contributed by atoms with Gasteiger partial charge >= 0.3 is 0 Å². The van der Waals surface area contributed by atoms with Crippen LogP contribution in [0.1, 0.15) is 25.0 Å². The highest BCUT2D eigenvalue weighted by molar-refractivity contribution is 4.97. The predicted octanol–water partition coefficient (Wildman–Crippen LogP) is 0.860. The van der Waals surface area contributed by atoms with E-state index in [1.54, 1.807) is 6.20 Å². The van der Waals surface area contributed by atoms with Gasteiger partial charge in [0.25, 0.3) is 0 Å². The molecule has 1 aromatic rings. The first-order chi connectivity index (χ1) is 7.31. The minimum absolute atomic E-state index is 0.0798. The summed E-state index contributed by atoms with van der Waals surface area (Å²) in [6, 6.07) is 0.596. The molecule has 1 unspecified atom stereocenters. The second-order valence-corrected chi connectivity index (χ2v) is 4.33. The summed E-state index contributed by atoms with van der Waals surface area (Å²) >= 11 is 0. The topological polar surface area (TPSA) is 41.3 Å². The number of hydrogen-bond acceptors (Lipinski definition) is 3. The second kappa shape index (κ2) is 4.77. The van der Waals surface area contributed by atoms with Gasteiger partial charge in [-0.1, -0.05) is 6.42 Å². The van der Waals surface area contributed by atoms with Crippen LogP contribution in [0.2, 0.25) is 0 Å². The molecule has 1 atom stereocenters. The van der Waals surface area contributed by atoms with Gasteiger partial charge < -0.3 is 14.6 Å².